The summed E-state index contributed by atoms with van der Waals surface area (Å²) in [5.74, 6) is -0.494. The second-order valence-corrected chi connectivity index (χ2v) is 11.7. The lowest BCUT2D eigenvalue weighted by atomic mass is 9.95. The summed E-state index contributed by atoms with van der Waals surface area (Å²) < 4.78 is 36.8. The Bertz CT molecular complexity index is 1100. The number of aliphatic imine (C=N–C) groups is 1. The molecule has 1 amide bonds. The van der Waals surface area contributed by atoms with Crippen LogP contribution in [0.5, 0.6) is 5.75 Å². The fourth-order valence-corrected chi connectivity index (χ4v) is 4.43. The second kappa shape index (κ2) is 12.0. The summed E-state index contributed by atoms with van der Waals surface area (Å²) in [5.41, 5.74) is 13.6. The van der Waals surface area contributed by atoms with Gasteiger partial charge in [-0.05, 0) is 38.3 Å². The molecule has 2 rings (SSSR count). The SMILES string of the molecule is COCCCOc1c(-c2ccccc2)ccc(CCC(=O)N=C(N)N)c1CS(=O)(=O)C(C)(C)C. The van der Waals surface area contributed by atoms with Gasteiger partial charge in [0.1, 0.15) is 5.75 Å². The molecule has 0 fully saturated rings. The normalized spacial score (nSPS) is 11.8. The molecule has 2 aromatic carbocycles. The van der Waals surface area contributed by atoms with Crippen LogP contribution in [-0.4, -0.2) is 45.4 Å². The van der Waals surface area contributed by atoms with Crippen molar-refractivity contribution in [3.63, 3.8) is 0 Å². The van der Waals surface area contributed by atoms with Gasteiger partial charge in [-0.2, -0.15) is 4.99 Å². The van der Waals surface area contributed by atoms with Crippen LogP contribution in [0.2, 0.25) is 0 Å². The van der Waals surface area contributed by atoms with Crippen molar-refractivity contribution in [1.29, 1.82) is 0 Å². The van der Waals surface area contributed by atoms with E-state index in [1.54, 1.807) is 27.9 Å². The van der Waals surface area contributed by atoms with Gasteiger partial charge in [0.05, 0.1) is 17.1 Å². The van der Waals surface area contributed by atoms with Gasteiger partial charge in [-0.1, -0.05) is 42.5 Å². The minimum absolute atomic E-state index is 0.0360. The van der Waals surface area contributed by atoms with Gasteiger partial charge in [0, 0.05) is 37.7 Å². The van der Waals surface area contributed by atoms with Crippen LogP contribution in [0.1, 0.15) is 44.7 Å². The number of nitrogens with zero attached hydrogens (tertiary/aromatic N) is 1. The standard InChI is InChI=1S/C25H35N3O5S/c1-25(2,3)34(30,31)17-21-19(12-14-22(29)28-24(26)27)11-13-20(18-9-6-5-7-10-18)23(21)33-16-8-15-32-4/h5-7,9-11,13H,8,12,14-17H2,1-4H3,(H4,26,27,28,29). The molecule has 0 atom stereocenters. The molecular weight excluding hydrogens is 454 g/mol. The molecule has 0 bridgehead atoms. The molecule has 0 aliphatic heterocycles. The van der Waals surface area contributed by atoms with Gasteiger partial charge in [0.2, 0.25) is 5.91 Å². The summed E-state index contributed by atoms with van der Waals surface area (Å²) in [7, 11) is -1.93. The first kappa shape index (κ1) is 27.3. The highest BCUT2D eigenvalue weighted by Crippen LogP contribution is 2.38. The van der Waals surface area contributed by atoms with E-state index in [1.807, 2.05) is 42.5 Å². The number of carbonyl (C=O) groups is 1. The molecule has 0 aliphatic carbocycles. The van der Waals surface area contributed by atoms with Crippen molar-refractivity contribution in [3.05, 3.63) is 53.6 Å². The summed E-state index contributed by atoms with van der Waals surface area (Å²) in [6.07, 6.45) is 0.950. The number of benzene rings is 2. The highest BCUT2D eigenvalue weighted by atomic mass is 32.2. The van der Waals surface area contributed by atoms with E-state index in [9.17, 15) is 13.2 Å². The maximum absolute atomic E-state index is 13.2. The number of methoxy groups -OCH3 is 1. The summed E-state index contributed by atoms with van der Waals surface area (Å²) in [6.45, 7) is 5.88. The Morgan fingerprint density at radius 2 is 1.71 bits per heavy atom. The van der Waals surface area contributed by atoms with E-state index >= 15 is 0 Å². The number of hydrogen-bond donors (Lipinski definition) is 2. The summed E-state index contributed by atoms with van der Waals surface area (Å²) in [5, 5.41) is 0. The van der Waals surface area contributed by atoms with Crippen LogP contribution in [0.4, 0.5) is 0 Å². The highest BCUT2D eigenvalue weighted by Gasteiger charge is 2.32. The number of guanidine groups is 1. The quantitative estimate of drug-likeness (QED) is 0.281. The van der Waals surface area contributed by atoms with Crippen molar-refractivity contribution < 1.29 is 22.7 Å². The van der Waals surface area contributed by atoms with Gasteiger partial charge in [-0.3, -0.25) is 4.79 Å². The molecule has 0 aliphatic rings. The zero-order valence-corrected chi connectivity index (χ0v) is 21.2. The van der Waals surface area contributed by atoms with Crippen LogP contribution in [0.25, 0.3) is 11.1 Å². The molecule has 0 heterocycles. The third kappa shape index (κ3) is 7.56. The molecular formula is C25H35N3O5S. The molecule has 8 nitrogen and oxygen atoms in total. The molecule has 9 heteroatoms. The lowest BCUT2D eigenvalue weighted by Crippen LogP contribution is -2.30. The minimum Gasteiger partial charge on any atom is -0.493 e. The highest BCUT2D eigenvalue weighted by molar-refractivity contribution is 7.92. The Hall–Kier alpha value is -2.91. The van der Waals surface area contributed by atoms with Gasteiger partial charge in [-0.25, -0.2) is 8.42 Å². The van der Waals surface area contributed by atoms with Crippen LogP contribution >= 0.6 is 0 Å². The van der Waals surface area contributed by atoms with Crippen molar-refractivity contribution in [1.82, 2.24) is 0 Å². The second-order valence-electron chi connectivity index (χ2n) is 8.94. The van der Waals surface area contributed by atoms with E-state index < -0.39 is 20.5 Å². The van der Waals surface area contributed by atoms with Gasteiger partial charge < -0.3 is 20.9 Å². The number of aryl methyl sites for hydroxylation is 1. The Morgan fingerprint density at radius 3 is 2.29 bits per heavy atom. The van der Waals surface area contributed by atoms with Crippen LogP contribution in [-0.2, 0) is 31.5 Å². The topological polar surface area (TPSA) is 134 Å². The number of carbonyl (C=O) groups excluding carboxylic acids is 1. The van der Waals surface area contributed by atoms with E-state index in [2.05, 4.69) is 4.99 Å². The largest absolute Gasteiger partial charge is 0.493 e. The van der Waals surface area contributed by atoms with Crippen molar-refractivity contribution in [3.8, 4) is 16.9 Å². The molecule has 34 heavy (non-hydrogen) atoms. The van der Waals surface area contributed by atoms with E-state index in [1.165, 1.54) is 0 Å². The Morgan fingerprint density at radius 1 is 1.03 bits per heavy atom. The summed E-state index contributed by atoms with van der Waals surface area (Å²) in [6, 6.07) is 13.4. The number of nitrogens with two attached hydrogens (primary N) is 2. The zero-order valence-electron chi connectivity index (χ0n) is 20.3. The summed E-state index contributed by atoms with van der Waals surface area (Å²) in [4.78, 5) is 15.7. The van der Waals surface area contributed by atoms with E-state index in [0.29, 0.717) is 36.5 Å². The molecule has 4 N–H and O–H groups in total. The molecule has 0 unspecified atom stereocenters. The molecule has 0 radical (unpaired) electrons. The minimum atomic E-state index is -3.54. The molecule has 0 saturated heterocycles. The Balaban J connectivity index is 2.62. The third-order valence-electron chi connectivity index (χ3n) is 5.31. The van der Waals surface area contributed by atoms with Crippen LogP contribution in [0.15, 0.2) is 47.5 Å². The van der Waals surface area contributed by atoms with Crippen LogP contribution in [0.3, 0.4) is 0 Å². The maximum atomic E-state index is 13.2. The van der Waals surface area contributed by atoms with Gasteiger partial charge in [-0.15, -0.1) is 0 Å². The lowest BCUT2D eigenvalue weighted by molar-refractivity contribution is -0.117. The smallest absolute Gasteiger partial charge is 0.249 e. The number of rotatable bonds is 11. The van der Waals surface area contributed by atoms with Crippen LogP contribution < -0.4 is 16.2 Å². The Kier molecular flexibility index (Phi) is 9.64. The monoisotopic (exact) mass is 489 g/mol. The van der Waals surface area contributed by atoms with E-state index in [4.69, 9.17) is 20.9 Å². The third-order valence-corrected chi connectivity index (χ3v) is 7.85. The molecule has 186 valence electrons. The first-order valence-electron chi connectivity index (χ1n) is 11.1. The fraction of sp³-hybridized carbons (Fsp3) is 0.440. The van der Waals surface area contributed by atoms with Gasteiger partial charge in [0.25, 0.3) is 0 Å². The first-order chi connectivity index (χ1) is 16.0. The number of hydrogen-bond acceptors (Lipinski definition) is 5. The van der Waals surface area contributed by atoms with E-state index in [0.717, 1.165) is 11.1 Å². The van der Waals surface area contributed by atoms with Crippen molar-refractivity contribution >= 4 is 21.7 Å². The predicted octanol–water partition coefficient (Wildman–Crippen LogP) is 3.21. The average Bonchev–Trinajstić information content (AvgIpc) is 2.75. The van der Waals surface area contributed by atoms with E-state index in [-0.39, 0.29) is 24.6 Å². The van der Waals surface area contributed by atoms with Crippen molar-refractivity contribution in [2.45, 2.75) is 50.5 Å². The fourth-order valence-electron chi connectivity index (χ4n) is 3.30. The molecule has 2 aromatic rings. The number of ether oxygens (including phenoxy) is 2. The van der Waals surface area contributed by atoms with Gasteiger partial charge >= 0.3 is 0 Å². The molecule has 0 saturated carbocycles. The van der Waals surface area contributed by atoms with Gasteiger partial charge in [0.15, 0.2) is 15.8 Å². The zero-order chi connectivity index (χ0) is 25.4. The Labute approximate surface area is 202 Å². The average molecular weight is 490 g/mol. The molecule has 0 spiro atoms. The maximum Gasteiger partial charge on any atom is 0.249 e. The van der Waals surface area contributed by atoms with Crippen molar-refractivity contribution in [2.24, 2.45) is 16.5 Å². The van der Waals surface area contributed by atoms with Crippen molar-refractivity contribution in [2.75, 3.05) is 20.3 Å². The first-order valence-corrected chi connectivity index (χ1v) is 12.8. The molecule has 0 aromatic heterocycles. The number of amides is 1. The predicted molar refractivity (Wildman–Crippen MR) is 135 cm³/mol. The van der Waals surface area contributed by atoms with Crippen LogP contribution in [0, 0.1) is 0 Å². The summed E-state index contributed by atoms with van der Waals surface area (Å²) >= 11 is 0. The lowest BCUT2D eigenvalue weighted by Gasteiger charge is -2.24. The number of sulfone groups is 1.